The zero-order valence-electron chi connectivity index (χ0n) is 7.48. The van der Waals surface area contributed by atoms with E-state index in [-0.39, 0.29) is 12.1 Å². The largest absolute Gasteiger partial charge is 0.387 e. The molecule has 7 heteroatoms. The van der Waals surface area contributed by atoms with E-state index in [0.717, 1.165) is 0 Å². The Labute approximate surface area is 83.3 Å². The van der Waals surface area contributed by atoms with Gasteiger partial charge in [-0.05, 0) is 6.07 Å². The molecule has 5 nitrogen and oxygen atoms in total. The van der Waals surface area contributed by atoms with Gasteiger partial charge in [0.1, 0.15) is 0 Å². The quantitative estimate of drug-likeness (QED) is 0.581. The standard InChI is InChI=1S/C8H8F2N2O3/c9-5-1-4(8(13)3-11)7(12(14)15)2-6(5)10/h1-2,8,13H,3,11H2/t8-/m0/s1. The van der Waals surface area contributed by atoms with Crippen molar-refractivity contribution in [1.29, 1.82) is 0 Å². The number of nitro groups is 1. The van der Waals surface area contributed by atoms with E-state index in [1.54, 1.807) is 0 Å². The Kier molecular flexibility index (Phi) is 3.28. The van der Waals surface area contributed by atoms with Crippen LogP contribution in [0.1, 0.15) is 11.7 Å². The highest BCUT2D eigenvalue weighted by Gasteiger charge is 2.22. The third-order valence-corrected chi connectivity index (χ3v) is 1.85. The molecule has 0 aliphatic heterocycles. The van der Waals surface area contributed by atoms with Gasteiger partial charge in [0.25, 0.3) is 5.69 Å². The Morgan fingerprint density at radius 3 is 2.47 bits per heavy atom. The van der Waals surface area contributed by atoms with Gasteiger partial charge < -0.3 is 10.8 Å². The second-order valence-electron chi connectivity index (χ2n) is 2.83. The first-order valence-corrected chi connectivity index (χ1v) is 3.98. The summed E-state index contributed by atoms with van der Waals surface area (Å²) in [5.74, 6) is -2.60. The van der Waals surface area contributed by atoms with Crippen LogP contribution in [0.3, 0.4) is 0 Å². The molecule has 0 aromatic heterocycles. The van der Waals surface area contributed by atoms with Crippen LogP contribution >= 0.6 is 0 Å². The summed E-state index contributed by atoms with van der Waals surface area (Å²) in [6.07, 6.45) is -1.39. The van der Waals surface area contributed by atoms with Crippen molar-refractivity contribution in [1.82, 2.24) is 0 Å². The lowest BCUT2D eigenvalue weighted by molar-refractivity contribution is -0.386. The summed E-state index contributed by atoms with van der Waals surface area (Å²) in [5, 5.41) is 19.7. The fourth-order valence-corrected chi connectivity index (χ4v) is 1.10. The minimum atomic E-state index is -1.39. The minimum absolute atomic E-state index is 0.314. The molecule has 0 amide bonds. The number of aliphatic hydroxyl groups excluding tert-OH is 1. The first kappa shape index (κ1) is 11.5. The zero-order valence-corrected chi connectivity index (χ0v) is 7.48. The molecule has 0 fully saturated rings. The summed E-state index contributed by atoms with van der Waals surface area (Å²) in [6, 6.07) is 0.995. The van der Waals surface area contributed by atoms with Crippen LogP contribution in [-0.2, 0) is 0 Å². The van der Waals surface area contributed by atoms with Crippen LogP contribution in [0.4, 0.5) is 14.5 Å². The van der Waals surface area contributed by atoms with Gasteiger partial charge >= 0.3 is 0 Å². The molecule has 0 radical (unpaired) electrons. The van der Waals surface area contributed by atoms with Crippen LogP contribution in [0.25, 0.3) is 0 Å². The van der Waals surface area contributed by atoms with Crippen molar-refractivity contribution in [3.63, 3.8) is 0 Å². The molecule has 0 bridgehead atoms. The van der Waals surface area contributed by atoms with Gasteiger partial charge in [-0.15, -0.1) is 0 Å². The van der Waals surface area contributed by atoms with Gasteiger partial charge in [0.15, 0.2) is 11.6 Å². The summed E-state index contributed by atoms with van der Waals surface area (Å²) in [7, 11) is 0. The van der Waals surface area contributed by atoms with Gasteiger partial charge in [-0.2, -0.15) is 0 Å². The van der Waals surface area contributed by atoms with E-state index in [0.29, 0.717) is 12.1 Å². The van der Waals surface area contributed by atoms with Crippen LogP contribution in [-0.4, -0.2) is 16.6 Å². The predicted molar refractivity (Wildman–Crippen MR) is 47.0 cm³/mol. The van der Waals surface area contributed by atoms with Crippen LogP contribution < -0.4 is 5.73 Å². The summed E-state index contributed by atoms with van der Waals surface area (Å²) < 4.78 is 25.5. The van der Waals surface area contributed by atoms with Crippen molar-refractivity contribution < 1.29 is 18.8 Å². The number of nitrogens with two attached hydrogens (primary N) is 1. The third-order valence-electron chi connectivity index (χ3n) is 1.85. The van der Waals surface area contributed by atoms with E-state index in [4.69, 9.17) is 5.73 Å². The highest BCUT2D eigenvalue weighted by molar-refractivity contribution is 5.42. The van der Waals surface area contributed by atoms with Crippen molar-refractivity contribution in [3.8, 4) is 0 Å². The van der Waals surface area contributed by atoms with Crippen LogP contribution in [0.15, 0.2) is 12.1 Å². The van der Waals surface area contributed by atoms with Gasteiger partial charge in [-0.25, -0.2) is 8.78 Å². The van der Waals surface area contributed by atoms with E-state index in [9.17, 15) is 24.0 Å². The van der Waals surface area contributed by atoms with E-state index in [2.05, 4.69) is 0 Å². The molecule has 0 saturated heterocycles. The maximum Gasteiger partial charge on any atom is 0.278 e. The second kappa shape index (κ2) is 4.28. The Balaban J connectivity index is 3.34. The second-order valence-corrected chi connectivity index (χ2v) is 2.83. The molecule has 15 heavy (non-hydrogen) atoms. The lowest BCUT2D eigenvalue weighted by Crippen LogP contribution is -2.14. The summed E-state index contributed by atoms with van der Waals surface area (Å²) >= 11 is 0. The Morgan fingerprint density at radius 1 is 1.47 bits per heavy atom. The van der Waals surface area contributed by atoms with Gasteiger partial charge in [0, 0.05) is 6.54 Å². The molecule has 0 saturated carbocycles. The fraction of sp³-hybridized carbons (Fsp3) is 0.250. The lowest BCUT2D eigenvalue weighted by atomic mass is 10.1. The number of nitro benzene ring substituents is 1. The van der Waals surface area contributed by atoms with Gasteiger partial charge in [0.05, 0.1) is 22.7 Å². The van der Waals surface area contributed by atoms with Crippen molar-refractivity contribution in [2.75, 3.05) is 6.54 Å². The highest BCUT2D eigenvalue weighted by atomic mass is 19.2. The normalized spacial score (nSPS) is 12.5. The van der Waals surface area contributed by atoms with E-state index in [1.165, 1.54) is 0 Å². The van der Waals surface area contributed by atoms with Crippen molar-refractivity contribution in [2.45, 2.75) is 6.10 Å². The topological polar surface area (TPSA) is 89.4 Å². The Morgan fingerprint density at radius 2 is 2.00 bits per heavy atom. The van der Waals surface area contributed by atoms with Crippen LogP contribution in [0, 0.1) is 21.7 Å². The van der Waals surface area contributed by atoms with Crippen molar-refractivity contribution in [2.24, 2.45) is 5.73 Å². The predicted octanol–water partition coefficient (Wildman–Crippen LogP) is 0.865. The molecule has 1 aromatic rings. The Bertz CT molecular complexity index is 398. The van der Waals surface area contributed by atoms with Gasteiger partial charge in [0.2, 0.25) is 0 Å². The van der Waals surface area contributed by atoms with Crippen LogP contribution in [0.2, 0.25) is 0 Å². The van der Waals surface area contributed by atoms with Gasteiger partial charge in [-0.3, -0.25) is 10.1 Å². The molecule has 1 aromatic carbocycles. The SMILES string of the molecule is NC[C@H](O)c1cc(F)c(F)cc1[N+](=O)[O-]. The monoisotopic (exact) mass is 218 g/mol. The number of halogens is 2. The number of rotatable bonds is 3. The molecule has 0 aliphatic carbocycles. The summed E-state index contributed by atoms with van der Waals surface area (Å²) in [5.41, 5.74) is 4.05. The summed E-state index contributed by atoms with van der Waals surface area (Å²) in [4.78, 5) is 9.56. The molecule has 82 valence electrons. The number of nitrogens with zero attached hydrogens (tertiary/aromatic N) is 1. The smallest absolute Gasteiger partial charge is 0.278 e. The molecule has 0 heterocycles. The Hall–Kier alpha value is -1.60. The van der Waals surface area contributed by atoms with Crippen molar-refractivity contribution in [3.05, 3.63) is 39.4 Å². The van der Waals surface area contributed by atoms with Crippen molar-refractivity contribution >= 4 is 5.69 Å². The highest BCUT2D eigenvalue weighted by Crippen LogP contribution is 2.27. The summed E-state index contributed by atoms with van der Waals surface area (Å²) in [6.45, 7) is -0.314. The molecule has 0 spiro atoms. The minimum Gasteiger partial charge on any atom is -0.387 e. The molecular weight excluding hydrogens is 210 g/mol. The van der Waals surface area contributed by atoms with Crippen LogP contribution in [0.5, 0.6) is 0 Å². The molecule has 0 aliphatic rings. The number of hydrogen-bond acceptors (Lipinski definition) is 4. The van der Waals surface area contributed by atoms with E-state index < -0.39 is 28.3 Å². The number of benzene rings is 1. The first-order valence-electron chi connectivity index (χ1n) is 3.98. The number of hydrogen-bond donors (Lipinski definition) is 2. The molecule has 1 rings (SSSR count). The van der Waals surface area contributed by atoms with Gasteiger partial charge in [-0.1, -0.05) is 0 Å². The third kappa shape index (κ3) is 2.25. The zero-order chi connectivity index (χ0) is 11.6. The average Bonchev–Trinajstić information content (AvgIpc) is 2.20. The molecular formula is C8H8F2N2O3. The van der Waals surface area contributed by atoms with E-state index >= 15 is 0 Å². The number of aliphatic hydroxyl groups is 1. The molecule has 1 atom stereocenters. The molecule has 0 unspecified atom stereocenters. The fourth-order valence-electron chi connectivity index (χ4n) is 1.10. The lowest BCUT2D eigenvalue weighted by Gasteiger charge is -2.08. The van der Waals surface area contributed by atoms with E-state index in [1.807, 2.05) is 0 Å². The maximum absolute atomic E-state index is 12.8. The first-order chi connectivity index (χ1) is 6.97. The average molecular weight is 218 g/mol. The molecule has 3 N–H and O–H groups in total. The maximum atomic E-state index is 12.8.